The zero-order chi connectivity index (χ0) is 8.27. The molecule has 1 aliphatic rings. The van der Waals surface area contributed by atoms with Gasteiger partial charge in [-0.15, -0.1) is 0 Å². The van der Waals surface area contributed by atoms with E-state index >= 15 is 0 Å². The predicted octanol–water partition coefficient (Wildman–Crippen LogP) is 0.936. The van der Waals surface area contributed by atoms with E-state index in [0.29, 0.717) is 0 Å². The fraction of sp³-hybridized carbons (Fsp3) is 1.00. The second kappa shape index (κ2) is 4.07. The summed E-state index contributed by atoms with van der Waals surface area (Å²) < 4.78 is 0. The molecule has 0 aromatic carbocycles. The lowest BCUT2D eigenvalue weighted by Crippen LogP contribution is -2.50. The maximum atomic E-state index is 3.40. The Kier molecular flexibility index (Phi) is 3.34. The molecular weight excluding hydrogens is 136 g/mol. The monoisotopic (exact) mass is 156 g/mol. The van der Waals surface area contributed by atoms with Gasteiger partial charge in [0.05, 0.1) is 0 Å². The third-order valence-corrected chi connectivity index (χ3v) is 2.24. The molecule has 2 heteroatoms. The maximum Gasteiger partial charge on any atom is 0.0193 e. The highest BCUT2D eigenvalue weighted by atomic mass is 15.2. The lowest BCUT2D eigenvalue weighted by Gasteiger charge is -2.34. The van der Waals surface area contributed by atoms with Gasteiger partial charge in [0.2, 0.25) is 0 Å². The highest BCUT2D eigenvalue weighted by molar-refractivity contribution is 4.76. The number of nitrogens with one attached hydrogen (secondary N) is 1. The first-order valence-corrected chi connectivity index (χ1v) is 4.65. The van der Waals surface area contributed by atoms with Crippen LogP contribution in [0.25, 0.3) is 0 Å². The van der Waals surface area contributed by atoms with Gasteiger partial charge < -0.3 is 5.32 Å². The van der Waals surface area contributed by atoms with Crippen LogP contribution in [0.3, 0.4) is 0 Å². The van der Waals surface area contributed by atoms with Gasteiger partial charge in [-0.25, -0.2) is 0 Å². The van der Waals surface area contributed by atoms with Crippen molar-refractivity contribution in [3.8, 4) is 0 Å². The fourth-order valence-electron chi connectivity index (χ4n) is 1.62. The van der Waals surface area contributed by atoms with E-state index in [0.717, 1.165) is 25.0 Å². The van der Waals surface area contributed by atoms with Gasteiger partial charge in [-0.1, -0.05) is 13.8 Å². The molecule has 0 radical (unpaired) electrons. The lowest BCUT2D eigenvalue weighted by molar-refractivity contribution is 0.156. The van der Waals surface area contributed by atoms with Gasteiger partial charge >= 0.3 is 0 Å². The second-order valence-corrected chi connectivity index (χ2v) is 3.94. The Morgan fingerprint density at radius 1 is 1.55 bits per heavy atom. The number of hydrogen-bond acceptors (Lipinski definition) is 2. The Bertz CT molecular complexity index is 112. The second-order valence-electron chi connectivity index (χ2n) is 3.94. The minimum absolute atomic E-state index is 0.728. The summed E-state index contributed by atoms with van der Waals surface area (Å²) in [5.74, 6) is 0.801. The van der Waals surface area contributed by atoms with Crippen LogP contribution >= 0.6 is 0 Å². The van der Waals surface area contributed by atoms with E-state index in [1.807, 2.05) is 0 Å². The van der Waals surface area contributed by atoms with Crippen LogP contribution in [-0.2, 0) is 0 Å². The highest BCUT2D eigenvalue weighted by Crippen LogP contribution is 2.05. The van der Waals surface area contributed by atoms with E-state index in [-0.39, 0.29) is 0 Å². The third kappa shape index (κ3) is 2.80. The first-order valence-electron chi connectivity index (χ1n) is 4.65. The van der Waals surface area contributed by atoms with Crippen molar-refractivity contribution >= 4 is 0 Å². The van der Waals surface area contributed by atoms with Crippen LogP contribution in [0, 0.1) is 5.92 Å². The molecule has 0 aliphatic carbocycles. The van der Waals surface area contributed by atoms with Crippen molar-refractivity contribution in [3.05, 3.63) is 0 Å². The van der Waals surface area contributed by atoms with Crippen LogP contribution in [0.15, 0.2) is 0 Å². The third-order valence-electron chi connectivity index (χ3n) is 2.24. The molecule has 0 amide bonds. The Hall–Kier alpha value is -0.0800. The standard InChI is InChI=1S/C9H20N2/c1-8(2)7-11-5-4-10-6-9(11)3/h8-10H,4-7H2,1-3H3/t9-/m1/s1. The van der Waals surface area contributed by atoms with E-state index in [4.69, 9.17) is 0 Å². The van der Waals surface area contributed by atoms with Gasteiger partial charge in [0.15, 0.2) is 0 Å². The molecule has 1 aliphatic heterocycles. The molecule has 0 saturated carbocycles. The summed E-state index contributed by atoms with van der Waals surface area (Å²) in [4.78, 5) is 2.57. The van der Waals surface area contributed by atoms with Crippen molar-refractivity contribution in [3.63, 3.8) is 0 Å². The highest BCUT2D eigenvalue weighted by Gasteiger charge is 2.17. The van der Waals surface area contributed by atoms with Crippen LogP contribution in [0.2, 0.25) is 0 Å². The number of piperazine rings is 1. The van der Waals surface area contributed by atoms with Gasteiger partial charge in [-0.05, 0) is 12.8 Å². The zero-order valence-electron chi connectivity index (χ0n) is 7.93. The smallest absolute Gasteiger partial charge is 0.0193 e. The number of hydrogen-bond donors (Lipinski definition) is 1. The molecule has 0 aromatic rings. The Labute approximate surface area is 70.0 Å². The van der Waals surface area contributed by atoms with E-state index in [1.54, 1.807) is 0 Å². The van der Waals surface area contributed by atoms with Crippen molar-refractivity contribution in [1.82, 2.24) is 10.2 Å². The summed E-state index contributed by atoms with van der Waals surface area (Å²) in [5, 5.41) is 3.40. The summed E-state index contributed by atoms with van der Waals surface area (Å²) >= 11 is 0. The van der Waals surface area contributed by atoms with Crippen molar-refractivity contribution in [2.75, 3.05) is 26.2 Å². The molecular formula is C9H20N2. The van der Waals surface area contributed by atoms with Gasteiger partial charge in [-0.2, -0.15) is 0 Å². The molecule has 0 aromatic heterocycles. The van der Waals surface area contributed by atoms with E-state index in [2.05, 4.69) is 31.0 Å². The molecule has 2 nitrogen and oxygen atoms in total. The topological polar surface area (TPSA) is 15.3 Å². The summed E-state index contributed by atoms with van der Waals surface area (Å²) in [7, 11) is 0. The summed E-state index contributed by atoms with van der Waals surface area (Å²) in [6.45, 7) is 11.7. The molecule has 11 heavy (non-hydrogen) atoms. The largest absolute Gasteiger partial charge is 0.314 e. The van der Waals surface area contributed by atoms with E-state index in [1.165, 1.54) is 13.1 Å². The quantitative estimate of drug-likeness (QED) is 0.640. The zero-order valence-corrected chi connectivity index (χ0v) is 7.93. The van der Waals surface area contributed by atoms with Gasteiger partial charge in [0.1, 0.15) is 0 Å². The molecule has 0 unspecified atom stereocenters. The van der Waals surface area contributed by atoms with Crippen LogP contribution < -0.4 is 5.32 Å². The van der Waals surface area contributed by atoms with Crippen LogP contribution in [-0.4, -0.2) is 37.1 Å². The normalized spacial score (nSPS) is 27.8. The SMILES string of the molecule is CC(C)CN1CCNC[C@H]1C. The van der Waals surface area contributed by atoms with Crippen molar-refractivity contribution in [2.24, 2.45) is 5.92 Å². The van der Waals surface area contributed by atoms with Crippen LogP contribution in [0.4, 0.5) is 0 Å². The van der Waals surface area contributed by atoms with Gasteiger partial charge in [0.25, 0.3) is 0 Å². The first kappa shape index (κ1) is 9.01. The Balaban J connectivity index is 2.29. The molecule has 0 spiro atoms. The molecule has 66 valence electrons. The first-order chi connectivity index (χ1) is 5.20. The van der Waals surface area contributed by atoms with Gasteiger partial charge in [0, 0.05) is 32.2 Å². The van der Waals surface area contributed by atoms with Crippen molar-refractivity contribution in [1.29, 1.82) is 0 Å². The number of rotatable bonds is 2. The predicted molar refractivity (Wildman–Crippen MR) is 48.7 cm³/mol. The molecule has 1 fully saturated rings. The Morgan fingerprint density at radius 2 is 2.27 bits per heavy atom. The summed E-state index contributed by atoms with van der Waals surface area (Å²) in [6.07, 6.45) is 0. The van der Waals surface area contributed by atoms with Crippen molar-refractivity contribution in [2.45, 2.75) is 26.8 Å². The molecule has 1 saturated heterocycles. The molecule has 0 bridgehead atoms. The molecule has 1 rings (SSSR count). The molecule has 1 N–H and O–H groups in total. The van der Waals surface area contributed by atoms with Crippen LogP contribution in [0.1, 0.15) is 20.8 Å². The minimum atomic E-state index is 0.728. The fourth-order valence-corrected chi connectivity index (χ4v) is 1.62. The maximum absolute atomic E-state index is 3.40. The molecule has 1 heterocycles. The number of nitrogens with zero attached hydrogens (tertiary/aromatic N) is 1. The van der Waals surface area contributed by atoms with E-state index < -0.39 is 0 Å². The average Bonchev–Trinajstić information content (AvgIpc) is 1.93. The lowest BCUT2D eigenvalue weighted by atomic mass is 10.1. The Morgan fingerprint density at radius 3 is 2.82 bits per heavy atom. The van der Waals surface area contributed by atoms with Crippen LogP contribution in [0.5, 0.6) is 0 Å². The molecule has 1 atom stereocenters. The minimum Gasteiger partial charge on any atom is -0.314 e. The van der Waals surface area contributed by atoms with Crippen molar-refractivity contribution < 1.29 is 0 Å². The van der Waals surface area contributed by atoms with Gasteiger partial charge in [-0.3, -0.25) is 4.90 Å². The summed E-state index contributed by atoms with van der Waals surface area (Å²) in [6, 6.07) is 0.728. The van der Waals surface area contributed by atoms with E-state index in [9.17, 15) is 0 Å². The summed E-state index contributed by atoms with van der Waals surface area (Å²) in [5.41, 5.74) is 0. The average molecular weight is 156 g/mol.